The summed E-state index contributed by atoms with van der Waals surface area (Å²) in [4.78, 5) is 8.49. The smallest absolute Gasteiger partial charge is 0.223 e. The SMILES string of the molecule is COCc1ccccc1CNc1nccc(C)n1. The molecule has 0 saturated carbocycles. The van der Waals surface area contributed by atoms with Gasteiger partial charge in [0.25, 0.3) is 0 Å². The fourth-order valence-corrected chi connectivity index (χ4v) is 1.73. The van der Waals surface area contributed by atoms with Gasteiger partial charge in [0.15, 0.2) is 0 Å². The quantitative estimate of drug-likeness (QED) is 0.876. The molecule has 0 unspecified atom stereocenters. The standard InChI is InChI=1S/C14H17N3O/c1-11-7-8-15-14(17-11)16-9-12-5-3-4-6-13(12)10-18-2/h3-8H,9-10H2,1-2H3,(H,15,16,17). The predicted molar refractivity (Wildman–Crippen MR) is 71.3 cm³/mol. The molecule has 0 amide bonds. The zero-order chi connectivity index (χ0) is 12.8. The van der Waals surface area contributed by atoms with Crippen molar-refractivity contribution in [2.24, 2.45) is 0 Å². The Balaban J connectivity index is 2.06. The van der Waals surface area contributed by atoms with E-state index in [1.54, 1.807) is 13.3 Å². The first-order valence-corrected chi connectivity index (χ1v) is 5.89. The van der Waals surface area contributed by atoms with Crippen molar-refractivity contribution in [2.45, 2.75) is 20.1 Å². The van der Waals surface area contributed by atoms with E-state index in [-0.39, 0.29) is 0 Å². The molecule has 1 heterocycles. The molecule has 1 aromatic carbocycles. The van der Waals surface area contributed by atoms with Gasteiger partial charge < -0.3 is 10.1 Å². The first kappa shape index (κ1) is 12.5. The normalized spacial score (nSPS) is 10.3. The first-order chi connectivity index (χ1) is 8.79. The average molecular weight is 243 g/mol. The van der Waals surface area contributed by atoms with Gasteiger partial charge in [-0.1, -0.05) is 24.3 Å². The van der Waals surface area contributed by atoms with E-state index in [9.17, 15) is 0 Å². The van der Waals surface area contributed by atoms with Crippen LogP contribution >= 0.6 is 0 Å². The predicted octanol–water partition coefficient (Wildman–Crippen LogP) is 2.54. The van der Waals surface area contributed by atoms with Crippen LogP contribution in [0.5, 0.6) is 0 Å². The summed E-state index contributed by atoms with van der Waals surface area (Å²) in [6, 6.07) is 10.1. The van der Waals surface area contributed by atoms with Crippen LogP contribution in [0.4, 0.5) is 5.95 Å². The molecular weight excluding hydrogens is 226 g/mol. The minimum absolute atomic E-state index is 0.618. The van der Waals surface area contributed by atoms with Crippen molar-refractivity contribution in [3.63, 3.8) is 0 Å². The molecule has 0 aliphatic carbocycles. The van der Waals surface area contributed by atoms with Crippen LogP contribution in [0.1, 0.15) is 16.8 Å². The molecule has 0 radical (unpaired) electrons. The van der Waals surface area contributed by atoms with Crippen molar-refractivity contribution in [1.82, 2.24) is 9.97 Å². The highest BCUT2D eigenvalue weighted by Gasteiger charge is 2.02. The van der Waals surface area contributed by atoms with Gasteiger partial charge in [0.2, 0.25) is 5.95 Å². The number of hydrogen-bond acceptors (Lipinski definition) is 4. The van der Waals surface area contributed by atoms with Gasteiger partial charge in [0.1, 0.15) is 0 Å². The third-order valence-electron chi connectivity index (χ3n) is 2.65. The van der Waals surface area contributed by atoms with E-state index < -0.39 is 0 Å². The fourth-order valence-electron chi connectivity index (χ4n) is 1.73. The molecule has 0 fully saturated rings. The number of aromatic nitrogens is 2. The van der Waals surface area contributed by atoms with Crippen LogP contribution in [0.3, 0.4) is 0 Å². The van der Waals surface area contributed by atoms with Gasteiger partial charge >= 0.3 is 0 Å². The molecule has 18 heavy (non-hydrogen) atoms. The summed E-state index contributed by atoms with van der Waals surface area (Å²) in [5, 5.41) is 3.22. The highest BCUT2D eigenvalue weighted by molar-refractivity contribution is 5.32. The van der Waals surface area contributed by atoms with Gasteiger partial charge in [-0.3, -0.25) is 0 Å². The second kappa shape index (κ2) is 6.12. The Morgan fingerprint density at radius 1 is 1.17 bits per heavy atom. The third kappa shape index (κ3) is 3.28. The molecule has 0 aliphatic rings. The van der Waals surface area contributed by atoms with Crippen LogP contribution in [0.25, 0.3) is 0 Å². The van der Waals surface area contributed by atoms with Crippen LogP contribution < -0.4 is 5.32 Å². The Morgan fingerprint density at radius 3 is 2.67 bits per heavy atom. The highest BCUT2D eigenvalue weighted by Crippen LogP contribution is 2.11. The topological polar surface area (TPSA) is 47.0 Å². The van der Waals surface area contributed by atoms with Crippen molar-refractivity contribution in [1.29, 1.82) is 0 Å². The van der Waals surface area contributed by atoms with Gasteiger partial charge in [-0.2, -0.15) is 0 Å². The lowest BCUT2D eigenvalue weighted by Crippen LogP contribution is -2.06. The Bertz CT molecular complexity index is 514. The molecule has 0 bridgehead atoms. The maximum absolute atomic E-state index is 5.18. The summed E-state index contributed by atoms with van der Waals surface area (Å²) in [6.45, 7) is 3.27. The molecule has 1 N–H and O–H groups in total. The van der Waals surface area contributed by atoms with Crippen molar-refractivity contribution in [3.05, 3.63) is 53.3 Å². The van der Waals surface area contributed by atoms with Gasteiger partial charge in [-0.25, -0.2) is 9.97 Å². The Labute approximate surface area is 107 Å². The molecule has 1 aromatic heterocycles. The number of hydrogen-bond donors (Lipinski definition) is 1. The molecule has 0 atom stereocenters. The second-order valence-corrected chi connectivity index (χ2v) is 4.08. The lowest BCUT2D eigenvalue weighted by atomic mass is 10.1. The van der Waals surface area contributed by atoms with Crippen molar-refractivity contribution in [3.8, 4) is 0 Å². The van der Waals surface area contributed by atoms with Crippen LogP contribution in [0.2, 0.25) is 0 Å². The largest absolute Gasteiger partial charge is 0.380 e. The number of rotatable bonds is 5. The van der Waals surface area contributed by atoms with E-state index >= 15 is 0 Å². The monoisotopic (exact) mass is 243 g/mol. The molecule has 4 nitrogen and oxygen atoms in total. The summed E-state index contributed by atoms with van der Waals surface area (Å²) in [5.74, 6) is 0.655. The number of anilines is 1. The Morgan fingerprint density at radius 2 is 1.94 bits per heavy atom. The number of ether oxygens (including phenoxy) is 1. The van der Waals surface area contributed by atoms with Gasteiger partial charge in [0, 0.05) is 25.5 Å². The lowest BCUT2D eigenvalue weighted by Gasteiger charge is -2.10. The molecule has 94 valence electrons. The van der Waals surface area contributed by atoms with E-state index in [0.29, 0.717) is 19.1 Å². The van der Waals surface area contributed by atoms with Crippen LogP contribution in [0.15, 0.2) is 36.5 Å². The van der Waals surface area contributed by atoms with Crippen molar-refractivity contribution in [2.75, 3.05) is 12.4 Å². The van der Waals surface area contributed by atoms with E-state index in [0.717, 1.165) is 5.69 Å². The number of nitrogens with zero attached hydrogens (tertiary/aromatic N) is 2. The lowest BCUT2D eigenvalue weighted by molar-refractivity contribution is 0.184. The van der Waals surface area contributed by atoms with Gasteiger partial charge in [-0.15, -0.1) is 0 Å². The maximum Gasteiger partial charge on any atom is 0.223 e. The van der Waals surface area contributed by atoms with Crippen LogP contribution in [-0.4, -0.2) is 17.1 Å². The summed E-state index contributed by atoms with van der Waals surface area (Å²) in [6.07, 6.45) is 1.76. The minimum atomic E-state index is 0.618. The second-order valence-electron chi connectivity index (χ2n) is 4.08. The highest BCUT2D eigenvalue weighted by atomic mass is 16.5. The van der Waals surface area contributed by atoms with E-state index in [1.807, 2.05) is 25.1 Å². The molecule has 2 aromatic rings. The summed E-state index contributed by atoms with van der Waals surface area (Å²) in [7, 11) is 1.70. The molecular formula is C14H17N3O. The molecule has 4 heteroatoms. The van der Waals surface area contributed by atoms with E-state index in [2.05, 4.69) is 27.4 Å². The number of aryl methyl sites for hydroxylation is 1. The van der Waals surface area contributed by atoms with Crippen molar-refractivity contribution >= 4 is 5.95 Å². The molecule has 0 saturated heterocycles. The van der Waals surface area contributed by atoms with Crippen molar-refractivity contribution < 1.29 is 4.74 Å². The molecule has 0 aliphatic heterocycles. The number of benzene rings is 1. The number of nitrogens with one attached hydrogen (secondary N) is 1. The van der Waals surface area contributed by atoms with E-state index in [4.69, 9.17) is 4.74 Å². The summed E-state index contributed by atoms with van der Waals surface area (Å²) < 4.78 is 5.18. The third-order valence-corrected chi connectivity index (χ3v) is 2.65. The zero-order valence-corrected chi connectivity index (χ0v) is 10.7. The van der Waals surface area contributed by atoms with Crippen LogP contribution in [-0.2, 0) is 17.9 Å². The Hall–Kier alpha value is -1.94. The first-order valence-electron chi connectivity index (χ1n) is 5.89. The molecule has 0 spiro atoms. The fraction of sp³-hybridized carbons (Fsp3) is 0.286. The average Bonchev–Trinajstić information content (AvgIpc) is 2.38. The zero-order valence-electron chi connectivity index (χ0n) is 10.7. The van der Waals surface area contributed by atoms with Gasteiger partial charge in [0.05, 0.1) is 6.61 Å². The summed E-state index contributed by atoms with van der Waals surface area (Å²) in [5.41, 5.74) is 3.34. The molecule has 2 rings (SSSR count). The number of methoxy groups -OCH3 is 1. The maximum atomic E-state index is 5.18. The summed E-state index contributed by atoms with van der Waals surface area (Å²) >= 11 is 0. The van der Waals surface area contributed by atoms with Gasteiger partial charge in [-0.05, 0) is 24.1 Å². The minimum Gasteiger partial charge on any atom is -0.380 e. The Kier molecular flexibility index (Phi) is 4.25. The van der Waals surface area contributed by atoms with E-state index in [1.165, 1.54) is 11.1 Å². The van der Waals surface area contributed by atoms with Crippen LogP contribution in [0, 0.1) is 6.92 Å².